The number of pyridine rings is 1. The minimum atomic E-state index is -0.784. The summed E-state index contributed by atoms with van der Waals surface area (Å²) in [6.45, 7) is 5.00. The van der Waals surface area contributed by atoms with Gasteiger partial charge in [-0.05, 0) is 51.1 Å². The smallest absolute Gasteiger partial charge is 0.419 e. The number of aromatic nitrogens is 6. The summed E-state index contributed by atoms with van der Waals surface area (Å²) in [7, 11) is 3.11. The van der Waals surface area contributed by atoms with Crippen molar-refractivity contribution < 1.29 is 13.9 Å². The van der Waals surface area contributed by atoms with Gasteiger partial charge >= 0.3 is 11.8 Å². The largest absolute Gasteiger partial charge is 0.443 e. The van der Waals surface area contributed by atoms with Gasteiger partial charge in [-0.1, -0.05) is 17.7 Å². The highest BCUT2D eigenvalue weighted by molar-refractivity contribution is 6.35. The van der Waals surface area contributed by atoms with Crippen molar-refractivity contribution in [3.63, 3.8) is 0 Å². The number of fused-ring (bicyclic) bond motifs is 2. The molecule has 0 fully saturated rings. The highest BCUT2D eigenvalue weighted by Crippen LogP contribution is 2.28. The number of benzene rings is 1. The van der Waals surface area contributed by atoms with E-state index in [9.17, 15) is 18.8 Å². The number of anilines is 2. The van der Waals surface area contributed by atoms with Crippen molar-refractivity contribution in [2.24, 2.45) is 14.1 Å². The van der Waals surface area contributed by atoms with E-state index in [0.717, 1.165) is 4.57 Å². The second kappa shape index (κ2) is 9.38. The van der Waals surface area contributed by atoms with E-state index in [1.54, 1.807) is 52.1 Å². The Balaban J connectivity index is 1.65. The summed E-state index contributed by atoms with van der Waals surface area (Å²) in [6, 6.07) is 9.42. The van der Waals surface area contributed by atoms with Crippen molar-refractivity contribution in [1.82, 2.24) is 28.2 Å². The molecule has 4 aromatic heterocycles. The van der Waals surface area contributed by atoms with Gasteiger partial charge < -0.3 is 14.6 Å². The van der Waals surface area contributed by atoms with Gasteiger partial charge in [-0.2, -0.15) is 9.37 Å². The van der Waals surface area contributed by atoms with E-state index in [2.05, 4.69) is 15.3 Å². The van der Waals surface area contributed by atoms with Gasteiger partial charge in [0.2, 0.25) is 11.9 Å². The van der Waals surface area contributed by atoms with Gasteiger partial charge in [-0.25, -0.2) is 19.1 Å². The predicted molar refractivity (Wildman–Crippen MR) is 145 cm³/mol. The summed E-state index contributed by atoms with van der Waals surface area (Å²) in [5.74, 6) is -0.390. The first-order valence-electron chi connectivity index (χ1n) is 11.9. The van der Waals surface area contributed by atoms with Crippen LogP contribution in [0.1, 0.15) is 26.5 Å². The molecule has 0 aliphatic heterocycles. The molecule has 13 heteroatoms. The van der Waals surface area contributed by atoms with E-state index in [1.165, 1.54) is 39.1 Å². The fraction of sp³-hybridized carbons (Fsp3) is 0.269. The number of aryl methyl sites for hydroxylation is 2. The number of hydrogen-bond donors (Lipinski definition) is 1. The second-order valence-corrected chi connectivity index (χ2v) is 10.4. The normalized spacial score (nSPS) is 11.9. The first kappa shape index (κ1) is 26.2. The Hall–Kier alpha value is -4.45. The van der Waals surface area contributed by atoms with Crippen LogP contribution in [0, 0.1) is 5.95 Å². The summed E-state index contributed by atoms with van der Waals surface area (Å²) >= 11 is 6.40. The molecule has 0 saturated carbocycles. The number of nitrogens with one attached hydrogen (secondary N) is 1. The number of halogens is 2. The summed E-state index contributed by atoms with van der Waals surface area (Å²) in [4.78, 5) is 48.3. The summed E-state index contributed by atoms with van der Waals surface area (Å²) in [5, 5.41) is 3.96. The molecule has 0 aliphatic carbocycles. The van der Waals surface area contributed by atoms with E-state index in [0.29, 0.717) is 27.3 Å². The van der Waals surface area contributed by atoms with Crippen LogP contribution < -0.4 is 16.6 Å². The van der Waals surface area contributed by atoms with Crippen LogP contribution in [-0.2, 0) is 25.4 Å². The molecule has 0 radical (unpaired) electrons. The minimum absolute atomic E-state index is 0.146. The van der Waals surface area contributed by atoms with Crippen LogP contribution in [0.2, 0.25) is 5.02 Å². The van der Waals surface area contributed by atoms with Gasteiger partial charge in [-0.3, -0.25) is 13.9 Å². The van der Waals surface area contributed by atoms with Crippen LogP contribution in [0.15, 0.2) is 52.2 Å². The van der Waals surface area contributed by atoms with Crippen molar-refractivity contribution >= 4 is 51.4 Å². The Labute approximate surface area is 226 Å². The van der Waals surface area contributed by atoms with Crippen LogP contribution in [0.3, 0.4) is 0 Å². The Morgan fingerprint density at radius 1 is 1.13 bits per heavy atom. The first-order chi connectivity index (χ1) is 18.4. The maximum absolute atomic E-state index is 13.7. The third-order valence-electron chi connectivity index (χ3n) is 6.11. The van der Waals surface area contributed by atoms with Gasteiger partial charge in [0.15, 0.2) is 11.2 Å². The highest BCUT2D eigenvalue weighted by Gasteiger charge is 2.25. The first-order valence-corrected chi connectivity index (χ1v) is 12.3. The van der Waals surface area contributed by atoms with Gasteiger partial charge in [0.25, 0.3) is 5.56 Å². The fourth-order valence-corrected chi connectivity index (χ4v) is 4.55. The monoisotopic (exact) mass is 553 g/mol. The zero-order valence-corrected chi connectivity index (χ0v) is 22.6. The van der Waals surface area contributed by atoms with Crippen molar-refractivity contribution in [2.75, 3.05) is 5.32 Å². The Kier molecular flexibility index (Phi) is 6.30. The average Bonchev–Trinajstić information content (AvgIpc) is 3.39. The average molecular weight is 554 g/mol. The molecule has 4 heterocycles. The minimum Gasteiger partial charge on any atom is -0.443 e. The van der Waals surface area contributed by atoms with Crippen molar-refractivity contribution in [3.05, 3.63) is 80.1 Å². The van der Waals surface area contributed by atoms with Crippen LogP contribution in [0.5, 0.6) is 0 Å². The van der Waals surface area contributed by atoms with Gasteiger partial charge in [0.05, 0.1) is 29.6 Å². The number of carbonyl (C=O) groups excluding carboxylic acids is 1. The lowest BCUT2D eigenvalue weighted by Crippen LogP contribution is -2.40. The van der Waals surface area contributed by atoms with Crippen molar-refractivity contribution in [2.45, 2.75) is 32.9 Å². The Morgan fingerprint density at radius 2 is 1.87 bits per heavy atom. The quantitative estimate of drug-likeness (QED) is 0.332. The lowest BCUT2D eigenvalue weighted by Gasteiger charge is -2.21. The van der Waals surface area contributed by atoms with Crippen molar-refractivity contribution in [3.8, 4) is 0 Å². The fourth-order valence-electron chi connectivity index (χ4n) is 4.32. The number of imidazole rings is 1. The topological polar surface area (TPSA) is 118 Å². The number of hydrogen-bond acceptors (Lipinski definition) is 7. The number of rotatable bonds is 4. The van der Waals surface area contributed by atoms with Crippen LogP contribution in [0.25, 0.3) is 22.1 Å². The maximum Gasteiger partial charge on any atom is 0.419 e. The molecule has 0 saturated heterocycles. The Morgan fingerprint density at radius 3 is 2.54 bits per heavy atom. The van der Waals surface area contributed by atoms with Gasteiger partial charge in [0, 0.05) is 24.5 Å². The summed E-state index contributed by atoms with van der Waals surface area (Å²) in [6.07, 6.45) is 0.618. The molecular formula is C26H25ClFN7O4. The van der Waals surface area contributed by atoms with E-state index < -0.39 is 28.9 Å². The van der Waals surface area contributed by atoms with Gasteiger partial charge in [-0.15, -0.1) is 0 Å². The molecule has 5 rings (SSSR count). The molecule has 1 N–H and O–H groups in total. The third-order valence-corrected chi connectivity index (χ3v) is 6.44. The molecule has 0 amide bonds. The van der Waals surface area contributed by atoms with Gasteiger partial charge in [0.1, 0.15) is 5.60 Å². The molecule has 0 spiro atoms. The zero-order valence-electron chi connectivity index (χ0n) is 21.8. The molecular weight excluding hydrogens is 529 g/mol. The molecule has 1 aromatic carbocycles. The lowest BCUT2D eigenvalue weighted by atomic mass is 10.2. The SMILES string of the molecule is Cn1c(Nc2ccc(F)nc2)nc2c1c(=O)n(Cc1cc3c(Cl)cccc3n1C(=O)OC(C)(C)C)c(=O)n2C. The Bertz CT molecular complexity index is 1880. The molecule has 0 bridgehead atoms. The van der Waals surface area contributed by atoms with E-state index in [1.807, 2.05) is 0 Å². The molecule has 0 atom stereocenters. The second-order valence-electron chi connectivity index (χ2n) is 10.0. The van der Waals surface area contributed by atoms with Crippen molar-refractivity contribution in [1.29, 1.82) is 0 Å². The highest BCUT2D eigenvalue weighted by atomic mass is 35.5. The molecule has 11 nitrogen and oxygen atoms in total. The summed E-state index contributed by atoms with van der Waals surface area (Å²) < 4.78 is 23.9. The third kappa shape index (κ3) is 4.67. The molecule has 39 heavy (non-hydrogen) atoms. The van der Waals surface area contributed by atoms with E-state index >= 15 is 0 Å². The van der Waals surface area contributed by atoms with Crippen LogP contribution in [-0.4, -0.2) is 39.9 Å². The number of ether oxygens (including phenoxy) is 1. The van der Waals surface area contributed by atoms with E-state index in [-0.39, 0.29) is 23.7 Å². The molecule has 0 unspecified atom stereocenters. The molecule has 202 valence electrons. The molecule has 5 aromatic rings. The predicted octanol–water partition coefficient (Wildman–Crippen LogP) is 4.15. The maximum atomic E-state index is 13.7. The number of carbonyl (C=O) groups is 1. The van der Waals surface area contributed by atoms with Crippen LogP contribution >= 0.6 is 11.6 Å². The van der Waals surface area contributed by atoms with Crippen LogP contribution in [0.4, 0.5) is 20.8 Å². The number of nitrogens with zero attached hydrogens (tertiary/aromatic N) is 6. The summed E-state index contributed by atoms with van der Waals surface area (Å²) in [5.41, 5.74) is -0.466. The lowest BCUT2D eigenvalue weighted by molar-refractivity contribution is 0.0540. The standard InChI is InChI=1S/C26H25ClFN7O4/c1-26(2,3)39-25(38)35-15(11-16-17(27)7-6-8-18(16)35)13-34-22(36)20-21(33(5)24(34)37)31-23(32(20)4)30-14-9-10-19(28)29-12-14/h6-12H,13H2,1-5H3,(H,30,31). The zero-order chi connectivity index (χ0) is 28.2. The molecule has 0 aliphatic rings. The van der Waals surface area contributed by atoms with E-state index in [4.69, 9.17) is 16.3 Å².